The van der Waals surface area contributed by atoms with Gasteiger partial charge in [0.15, 0.2) is 0 Å². The highest BCUT2D eigenvalue weighted by Gasteiger charge is 2.20. The second-order valence-corrected chi connectivity index (χ2v) is 3.91. The Bertz CT molecular complexity index is 687. The van der Waals surface area contributed by atoms with Crippen molar-refractivity contribution >= 4 is 29.0 Å². The lowest BCUT2D eigenvalue weighted by molar-refractivity contribution is -0.383. The predicted octanol–water partition coefficient (Wildman–Crippen LogP) is 1.50. The van der Waals surface area contributed by atoms with Gasteiger partial charge in [-0.1, -0.05) is 0 Å². The summed E-state index contributed by atoms with van der Waals surface area (Å²) in [5.74, 6) is -0.735. The fraction of sp³-hybridized carbons (Fsp3) is 0.0833. The first-order valence-corrected chi connectivity index (χ1v) is 5.73. The molecule has 2 aromatic rings. The van der Waals surface area contributed by atoms with E-state index in [1.807, 2.05) is 0 Å². The van der Waals surface area contributed by atoms with Gasteiger partial charge in [-0.3, -0.25) is 10.1 Å². The number of carbonyl (C=O) groups is 1. The van der Waals surface area contributed by atoms with Crippen molar-refractivity contribution in [2.24, 2.45) is 0 Å². The number of nitrogens with one attached hydrogen (secondary N) is 1. The predicted molar refractivity (Wildman–Crippen MR) is 74.2 cm³/mol. The number of nitrogens with zero attached hydrogens (tertiary/aromatic N) is 3. The van der Waals surface area contributed by atoms with Gasteiger partial charge in [0.2, 0.25) is 11.6 Å². The Kier molecular flexibility index (Phi) is 3.93. The van der Waals surface area contributed by atoms with E-state index >= 15 is 0 Å². The van der Waals surface area contributed by atoms with Crippen LogP contribution in [0.2, 0.25) is 0 Å². The Morgan fingerprint density at radius 3 is 2.57 bits per heavy atom. The van der Waals surface area contributed by atoms with Gasteiger partial charge in [-0.2, -0.15) is 0 Å². The van der Waals surface area contributed by atoms with Gasteiger partial charge in [0.1, 0.15) is 6.33 Å². The van der Waals surface area contributed by atoms with Crippen LogP contribution in [-0.2, 0) is 4.74 Å². The molecule has 0 aliphatic rings. The second-order valence-electron chi connectivity index (χ2n) is 3.91. The lowest BCUT2D eigenvalue weighted by Crippen LogP contribution is -2.05. The molecule has 1 heterocycles. The first-order chi connectivity index (χ1) is 10.0. The van der Waals surface area contributed by atoms with Crippen LogP contribution < -0.4 is 11.1 Å². The lowest BCUT2D eigenvalue weighted by Gasteiger charge is -2.07. The Morgan fingerprint density at radius 1 is 1.33 bits per heavy atom. The van der Waals surface area contributed by atoms with E-state index in [2.05, 4.69) is 20.0 Å². The normalized spacial score (nSPS) is 9.95. The summed E-state index contributed by atoms with van der Waals surface area (Å²) in [5, 5.41) is 13.7. The summed E-state index contributed by atoms with van der Waals surface area (Å²) in [5.41, 5.74) is 5.92. The molecule has 2 rings (SSSR count). The number of carbonyl (C=O) groups excluding carboxylic acids is 1. The third kappa shape index (κ3) is 3.03. The molecule has 0 fully saturated rings. The van der Waals surface area contributed by atoms with Crippen molar-refractivity contribution in [2.75, 3.05) is 18.2 Å². The number of aromatic nitrogens is 2. The molecule has 3 N–H and O–H groups in total. The van der Waals surface area contributed by atoms with Crippen LogP contribution in [0.1, 0.15) is 10.4 Å². The zero-order chi connectivity index (χ0) is 15.4. The maximum atomic E-state index is 11.3. The van der Waals surface area contributed by atoms with Gasteiger partial charge in [0.05, 0.1) is 17.6 Å². The smallest absolute Gasteiger partial charge is 0.353 e. The molecule has 0 saturated heterocycles. The highest BCUT2D eigenvalue weighted by Crippen LogP contribution is 2.28. The Morgan fingerprint density at radius 2 is 2.00 bits per heavy atom. The Labute approximate surface area is 118 Å². The van der Waals surface area contributed by atoms with Crippen molar-refractivity contribution in [3.63, 3.8) is 0 Å². The van der Waals surface area contributed by atoms with Crippen molar-refractivity contribution in [3.05, 3.63) is 46.3 Å². The number of hydrogen-bond donors (Lipinski definition) is 2. The van der Waals surface area contributed by atoms with E-state index in [9.17, 15) is 14.9 Å². The minimum Gasteiger partial charge on any atom is -0.465 e. The van der Waals surface area contributed by atoms with Crippen molar-refractivity contribution < 1.29 is 14.5 Å². The van der Waals surface area contributed by atoms with E-state index in [1.54, 1.807) is 12.1 Å². The number of esters is 1. The summed E-state index contributed by atoms with van der Waals surface area (Å²) < 4.78 is 4.57. The summed E-state index contributed by atoms with van der Waals surface area (Å²) in [6, 6.07) is 6.16. The van der Waals surface area contributed by atoms with Gasteiger partial charge in [-0.15, -0.1) is 0 Å². The Balaban J connectivity index is 2.29. The number of methoxy groups -OCH3 is 1. The highest BCUT2D eigenvalue weighted by molar-refractivity contribution is 5.89. The number of nitro groups is 1. The molecule has 0 saturated carbocycles. The summed E-state index contributed by atoms with van der Waals surface area (Å²) >= 11 is 0. The standard InChI is InChI=1S/C12H11N5O4/c1-21-12(18)7-2-4-8(5-3-7)16-11-9(17(19)20)10(13)14-6-15-11/h2-6H,1H3,(H3,13,14,15,16). The number of nitrogens with two attached hydrogens (primary N) is 1. The number of hydrogen-bond acceptors (Lipinski definition) is 8. The van der Waals surface area contributed by atoms with Crippen LogP contribution in [0.3, 0.4) is 0 Å². The molecule has 0 amide bonds. The molecule has 0 atom stereocenters. The van der Waals surface area contributed by atoms with Crippen LogP contribution in [0, 0.1) is 10.1 Å². The monoisotopic (exact) mass is 289 g/mol. The Hall–Kier alpha value is -3.23. The van der Waals surface area contributed by atoms with Crippen molar-refractivity contribution in [2.45, 2.75) is 0 Å². The fourth-order valence-electron chi connectivity index (χ4n) is 1.61. The molecule has 0 aliphatic carbocycles. The first-order valence-electron chi connectivity index (χ1n) is 5.73. The molecule has 0 spiro atoms. The number of benzene rings is 1. The molecule has 0 unspecified atom stereocenters. The van der Waals surface area contributed by atoms with Crippen LogP contribution in [-0.4, -0.2) is 28.0 Å². The third-order valence-corrected chi connectivity index (χ3v) is 2.60. The minimum atomic E-state index is -0.666. The molecule has 0 bridgehead atoms. The summed E-state index contributed by atoms with van der Waals surface area (Å²) in [4.78, 5) is 29.0. The maximum Gasteiger partial charge on any atom is 0.353 e. The fourth-order valence-corrected chi connectivity index (χ4v) is 1.61. The third-order valence-electron chi connectivity index (χ3n) is 2.60. The molecular weight excluding hydrogens is 278 g/mol. The van der Waals surface area contributed by atoms with Crippen molar-refractivity contribution in [1.29, 1.82) is 0 Å². The quantitative estimate of drug-likeness (QED) is 0.491. The van der Waals surface area contributed by atoms with E-state index in [0.717, 1.165) is 6.33 Å². The van der Waals surface area contributed by atoms with Gasteiger partial charge in [0, 0.05) is 5.69 Å². The summed E-state index contributed by atoms with van der Waals surface area (Å²) in [6.07, 6.45) is 1.12. The highest BCUT2D eigenvalue weighted by atomic mass is 16.6. The van der Waals surface area contributed by atoms with Crippen molar-refractivity contribution in [3.8, 4) is 0 Å². The molecule has 0 aliphatic heterocycles. The average Bonchev–Trinajstić information content (AvgIpc) is 2.47. The molecule has 1 aromatic heterocycles. The molecule has 9 nitrogen and oxygen atoms in total. The van der Waals surface area contributed by atoms with Gasteiger partial charge in [0.25, 0.3) is 0 Å². The van der Waals surface area contributed by atoms with Gasteiger partial charge >= 0.3 is 11.7 Å². The van der Waals surface area contributed by atoms with E-state index in [4.69, 9.17) is 5.73 Å². The minimum absolute atomic E-state index is 0.0293. The molecule has 0 radical (unpaired) electrons. The topological polar surface area (TPSA) is 133 Å². The first kappa shape index (κ1) is 14.2. The summed E-state index contributed by atoms with van der Waals surface area (Å²) in [7, 11) is 1.28. The number of nitrogen functional groups attached to an aromatic ring is 1. The largest absolute Gasteiger partial charge is 0.465 e. The number of ether oxygens (including phenoxy) is 1. The van der Waals surface area contributed by atoms with E-state index in [0.29, 0.717) is 11.3 Å². The SMILES string of the molecule is COC(=O)c1ccc(Nc2ncnc(N)c2[N+](=O)[O-])cc1. The van der Waals surface area contributed by atoms with E-state index in [1.165, 1.54) is 19.2 Å². The van der Waals surface area contributed by atoms with Gasteiger partial charge < -0.3 is 15.8 Å². The van der Waals surface area contributed by atoms with Crippen LogP contribution >= 0.6 is 0 Å². The number of rotatable bonds is 4. The molecule has 1 aromatic carbocycles. The molecule has 108 valence electrons. The van der Waals surface area contributed by atoms with Gasteiger partial charge in [-0.25, -0.2) is 14.8 Å². The average molecular weight is 289 g/mol. The number of anilines is 3. The zero-order valence-corrected chi connectivity index (χ0v) is 10.9. The van der Waals surface area contributed by atoms with Crippen molar-refractivity contribution in [1.82, 2.24) is 9.97 Å². The molecule has 9 heteroatoms. The van der Waals surface area contributed by atoms with E-state index < -0.39 is 16.6 Å². The lowest BCUT2D eigenvalue weighted by atomic mass is 10.2. The summed E-state index contributed by atoms with van der Waals surface area (Å²) in [6.45, 7) is 0. The van der Waals surface area contributed by atoms with E-state index in [-0.39, 0.29) is 11.6 Å². The van der Waals surface area contributed by atoms with Gasteiger partial charge in [-0.05, 0) is 24.3 Å². The molecule has 21 heavy (non-hydrogen) atoms. The van der Waals surface area contributed by atoms with Crippen LogP contribution in [0.4, 0.5) is 23.0 Å². The van der Waals surface area contributed by atoms with Crippen LogP contribution in [0.5, 0.6) is 0 Å². The molecular formula is C12H11N5O4. The maximum absolute atomic E-state index is 11.3. The second kappa shape index (κ2) is 5.82. The zero-order valence-electron chi connectivity index (χ0n) is 10.9. The van der Waals surface area contributed by atoms with Crippen LogP contribution in [0.25, 0.3) is 0 Å². The van der Waals surface area contributed by atoms with Crippen LogP contribution in [0.15, 0.2) is 30.6 Å².